The first kappa shape index (κ1) is 32.8. The van der Waals surface area contributed by atoms with Gasteiger partial charge in [0.15, 0.2) is 0 Å². The van der Waals surface area contributed by atoms with Gasteiger partial charge < -0.3 is 9.38 Å². The van der Waals surface area contributed by atoms with E-state index in [2.05, 4.69) is 179 Å². The standard InChI is InChI=1S/C51H41BN2S2/c1-28-23-35-46-39(21-22-44-47(46)32-14-9-11-17-42(32)56-44)54(38-15-12-18-43-45(38)31-13-8-10-16-41(31)55-43)52-36-27-30(51(5,6)7)26-34-33-25-29(50(2,3)4)19-20-37(33)53(49(34)36)40(24-28)48(35)52/h8-27H,1-7H3. The number of rotatable bonds is 1. The number of benzene rings is 7. The summed E-state index contributed by atoms with van der Waals surface area (Å²) in [5, 5.41) is 8.08. The van der Waals surface area contributed by atoms with Crippen LogP contribution >= 0.6 is 22.7 Å². The predicted molar refractivity (Wildman–Crippen MR) is 248 cm³/mol. The van der Waals surface area contributed by atoms with Crippen LogP contribution in [0.25, 0.3) is 79.0 Å². The maximum atomic E-state index is 2.76. The molecule has 7 aromatic carbocycles. The van der Waals surface area contributed by atoms with Gasteiger partial charge in [0.05, 0.1) is 11.0 Å². The SMILES string of the molecule is Cc1cc2c3c(c1)-n1c4ccc(C(C)(C)C)cc4c4cc(C(C)(C)C)cc(c41)B3N(c1cccc3sc4ccccc4c13)c1ccc3sc4ccccc4c3c1-2. The van der Waals surface area contributed by atoms with E-state index in [0.717, 1.165) is 0 Å². The van der Waals surface area contributed by atoms with Gasteiger partial charge in [0.25, 0.3) is 0 Å². The number of anilines is 2. The second kappa shape index (κ2) is 10.9. The van der Waals surface area contributed by atoms with Gasteiger partial charge in [-0.25, -0.2) is 0 Å². The Hall–Kier alpha value is -5.36. The van der Waals surface area contributed by atoms with E-state index in [1.165, 1.54) is 118 Å². The summed E-state index contributed by atoms with van der Waals surface area (Å²) in [5.74, 6) is 0. The second-order valence-corrected chi connectivity index (χ2v) is 20.4. The minimum absolute atomic E-state index is 0.0372. The van der Waals surface area contributed by atoms with Crippen molar-refractivity contribution in [3.05, 3.63) is 138 Å². The summed E-state index contributed by atoms with van der Waals surface area (Å²) in [6, 6.07) is 47.2. The molecule has 0 saturated carbocycles. The summed E-state index contributed by atoms with van der Waals surface area (Å²) in [7, 11) is 0. The lowest BCUT2D eigenvalue weighted by Crippen LogP contribution is -2.61. The van der Waals surface area contributed by atoms with Gasteiger partial charge in [-0.1, -0.05) is 102 Å². The molecule has 3 aromatic heterocycles. The fourth-order valence-electron chi connectivity index (χ4n) is 10.1. The minimum Gasteiger partial charge on any atom is -0.376 e. The van der Waals surface area contributed by atoms with Crippen LogP contribution in [0.1, 0.15) is 58.2 Å². The molecule has 0 bridgehead atoms. The number of hydrogen-bond donors (Lipinski definition) is 0. The Morgan fingerprint density at radius 3 is 1.91 bits per heavy atom. The van der Waals surface area contributed by atoms with Crippen LogP contribution in [0.2, 0.25) is 0 Å². The van der Waals surface area contributed by atoms with E-state index < -0.39 is 0 Å². The maximum absolute atomic E-state index is 2.76. The van der Waals surface area contributed by atoms with Crippen molar-refractivity contribution in [1.82, 2.24) is 4.57 Å². The summed E-state index contributed by atoms with van der Waals surface area (Å²) >= 11 is 3.82. The summed E-state index contributed by atoms with van der Waals surface area (Å²) < 4.78 is 7.98. The summed E-state index contributed by atoms with van der Waals surface area (Å²) in [6.07, 6.45) is 0. The van der Waals surface area contributed by atoms with Crippen molar-refractivity contribution >= 4 is 114 Å². The Kier molecular flexibility index (Phi) is 6.41. The van der Waals surface area contributed by atoms with E-state index in [9.17, 15) is 0 Å². The van der Waals surface area contributed by atoms with Crippen molar-refractivity contribution in [2.75, 3.05) is 4.81 Å². The molecule has 2 aliphatic heterocycles. The molecule has 0 radical (unpaired) electrons. The summed E-state index contributed by atoms with van der Waals surface area (Å²) in [5.41, 5.74) is 16.0. The molecule has 5 heteroatoms. The van der Waals surface area contributed by atoms with Gasteiger partial charge in [-0.3, -0.25) is 0 Å². The second-order valence-electron chi connectivity index (χ2n) is 18.2. The zero-order valence-electron chi connectivity index (χ0n) is 32.8. The maximum Gasteiger partial charge on any atom is 0.333 e. The molecule has 56 heavy (non-hydrogen) atoms. The molecule has 2 nitrogen and oxygen atoms in total. The monoisotopic (exact) mass is 756 g/mol. The first-order chi connectivity index (χ1) is 27.0. The fourth-order valence-corrected chi connectivity index (χ4v) is 12.3. The molecule has 2 aliphatic rings. The number of fused-ring (bicyclic) bond motifs is 14. The van der Waals surface area contributed by atoms with Crippen LogP contribution in [0, 0.1) is 6.92 Å². The molecule has 12 rings (SSSR count). The van der Waals surface area contributed by atoms with E-state index >= 15 is 0 Å². The molecule has 0 saturated heterocycles. The highest BCUT2D eigenvalue weighted by Gasteiger charge is 2.45. The number of nitrogens with zero attached hydrogens (tertiary/aromatic N) is 2. The highest BCUT2D eigenvalue weighted by molar-refractivity contribution is 7.26. The van der Waals surface area contributed by atoms with E-state index in [1.807, 2.05) is 22.7 Å². The molecular formula is C51H41BN2S2. The molecular weight excluding hydrogens is 716 g/mol. The van der Waals surface area contributed by atoms with E-state index in [1.54, 1.807) is 0 Å². The van der Waals surface area contributed by atoms with E-state index in [0.29, 0.717) is 0 Å². The van der Waals surface area contributed by atoms with Crippen molar-refractivity contribution in [3.8, 4) is 16.8 Å². The van der Waals surface area contributed by atoms with Crippen molar-refractivity contribution in [2.45, 2.75) is 59.3 Å². The highest BCUT2D eigenvalue weighted by Crippen LogP contribution is 2.52. The quantitative estimate of drug-likeness (QED) is 0.151. The van der Waals surface area contributed by atoms with Crippen molar-refractivity contribution in [2.24, 2.45) is 0 Å². The lowest BCUT2D eigenvalue weighted by atomic mass is 9.43. The molecule has 5 heterocycles. The van der Waals surface area contributed by atoms with Gasteiger partial charge in [-0.05, 0) is 112 Å². The van der Waals surface area contributed by atoms with Gasteiger partial charge in [0, 0.05) is 73.7 Å². The van der Waals surface area contributed by atoms with Crippen LogP contribution < -0.4 is 15.7 Å². The fraction of sp³-hybridized carbons (Fsp3) is 0.176. The smallest absolute Gasteiger partial charge is 0.333 e. The number of aryl methyl sites for hydroxylation is 1. The Bertz CT molecular complexity index is 3360. The van der Waals surface area contributed by atoms with Gasteiger partial charge in [-0.2, -0.15) is 0 Å². The molecule has 0 amide bonds. The third kappa shape index (κ3) is 4.28. The molecule has 0 spiro atoms. The molecule has 0 aliphatic carbocycles. The third-order valence-corrected chi connectivity index (χ3v) is 15.0. The first-order valence-corrected chi connectivity index (χ1v) is 21.5. The Labute approximate surface area is 335 Å². The van der Waals surface area contributed by atoms with E-state index in [4.69, 9.17) is 0 Å². The Morgan fingerprint density at radius 1 is 0.518 bits per heavy atom. The summed E-state index contributed by atoms with van der Waals surface area (Å²) in [6.45, 7) is 16.4. The van der Waals surface area contributed by atoms with Gasteiger partial charge in [0.1, 0.15) is 0 Å². The predicted octanol–water partition coefficient (Wildman–Crippen LogP) is 13.7. The Balaban J connectivity index is 1.31. The zero-order chi connectivity index (χ0) is 38.0. The molecule has 0 atom stereocenters. The largest absolute Gasteiger partial charge is 0.376 e. The first-order valence-electron chi connectivity index (χ1n) is 19.9. The van der Waals surface area contributed by atoms with Crippen LogP contribution in [0.5, 0.6) is 0 Å². The van der Waals surface area contributed by atoms with Crippen LogP contribution in [-0.4, -0.2) is 11.4 Å². The molecule has 0 unspecified atom stereocenters. The average molecular weight is 757 g/mol. The van der Waals surface area contributed by atoms with Gasteiger partial charge in [0.2, 0.25) is 0 Å². The zero-order valence-corrected chi connectivity index (χ0v) is 34.5. The third-order valence-electron chi connectivity index (χ3n) is 12.7. The van der Waals surface area contributed by atoms with Crippen LogP contribution in [0.3, 0.4) is 0 Å². The normalized spacial score (nSPS) is 13.9. The molecule has 270 valence electrons. The molecule has 10 aromatic rings. The van der Waals surface area contributed by atoms with Crippen LogP contribution in [0.4, 0.5) is 11.4 Å². The van der Waals surface area contributed by atoms with E-state index in [-0.39, 0.29) is 17.7 Å². The lowest BCUT2D eigenvalue weighted by molar-refractivity contribution is 0.590. The number of hydrogen-bond acceptors (Lipinski definition) is 3. The Morgan fingerprint density at radius 2 is 1.18 bits per heavy atom. The van der Waals surface area contributed by atoms with Gasteiger partial charge in [-0.15, -0.1) is 22.7 Å². The van der Waals surface area contributed by atoms with Crippen molar-refractivity contribution in [1.29, 1.82) is 0 Å². The van der Waals surface area contributed by atoms with Crippen LogP contribution in [-0.2, 0) is 10.8 Å². The lowest BCUT2D eigenvalue weighted by Gasteiger charge is -2.43. The van der Waals surface area contributed by atoms with Crippen molar-refractivity contribution in [3.63, 3.8) is 0 Å². The van der Waals surface area contributed by atoms with Crippen molar-refractivity contribution < 1.29 is 0 Å². The van der Waals surface area contributed by atoms with Gasteiger partial charge >= 0.3 is 6.85 Å². The topological polar surface area (TPSA) is 8.17 Å². The minimum atomic E-state index is -0.0418. The highest BCUT2D eigenvalue weighted by atomic mass is 32.1. The molecule has 0 N–H and O–H groups in total. The average Bonchev–Trinajstić information content (AvgIpc) is 3.85. The summed E-state index contributed by atoms with van der Waals surface area (Å²) in [4.78, 5) is 2.76. The number of aromatic nitrogens is 1. The molecule has 0 fully saturated rings. The van der Waals surface area contributed by atoms with Crippen LogP contribution in [0.15, 0.2) is 121 Å². The number of thiophene rings is 2.